The maximum Gasteiger partial charge on any atom is 0.284 e. The Bertz CT molecular complexity index is 525. The molecular weight excluding hydrogens is 314 g/mol. The molecule has 0 atom stereocenters. The van der Waals surface area contributed by atoms with E-state index in [2.05, 4.69) is 21.2 Å². The van der Waals surface area contributed by atoms with Gasteiger partial charge in [-0.3, -0.25) is 14.9 Å². The second-order valence-electron chi connectivity index (χ2n) is 3.77. The summed E-state index contributed by atoms with van der Waals surface area (Å²) in [5.41, 5.74) is 0.0895. The van der Waals surface area contributed by atoms with Crippen molar-refractivity contribution >= 4 is 27.5 Å². The van der Waals surface area contributed by atoms with Crippen LogP contribution in [-0.2, 0) is 0 Å². The van der Waals surface area contributed by atoms with Gasteiger partial charge in [0.15, 0.2) is 0 Å². The lowest BCUT2D eigenvalue weighted by Crippen LogP contribution is -2.24. The molecular formula is C12H12BrN3O3. The van der Waals surface area contributed by atoms with Gasteiger partial charge in [0.25, 0.3) is 11.6 Å². The third-order valence-corrected chi connectivity index (χ3v) is 3.25. The van der Waals surface area contributed by atoms with Crippen molar-refractivity contribution in [3.8, 4) is 6.07 Å². The number of nitro benzene ring substituents is 1. The summed E-state index contributed by atoms with van der Waals surface area (Å²) < 4.78 is 0.175. The largest absolute Gasteiger partial charge is 0.352 e. The number of rotatable bonds is 6. The van der Waals surface area contributed by atoms with Gasteiger partial charge in [0.2, 0.25) is 0 Å². The van der Waals surface area contributed by atoms with E-state index in [1.807, 2.05) is 6.07 Å². The normalized spacial score (nSPS) is 9.68. The number of nitrogens with zero attached hydrogens (tertiary/aromatic N) is 2. The van der Waals surface area contributed by atoms with Gasteiger partial charge in [0.05, 0.1) is 16.6 Å². The van der Waals surface area contributed by atoms with Crippen LogP contribution in [0.3, 0.4) is 0 Å². The van der Waals surface area contributed by atoms with Crippen LogP contribution >= 0.6 is 15.9 Å². The smallest absolute Gasteiger partial charge is 0.284 e. The van der Waals surface area contributed by atoms with Gasteiger partial charge in [-0.25, -0.2) is 0 Å². The monoisotopic (exact) mass is 325 g/mol. The van der Waals surface area contributed by atoms with Gasteiger partial charge >= 0.3 is 0 Å². The third kappa shape index (κ3) is 4.34. The molecule has 100 valence electrons. The summed E-state index contributed by atoms with van der Waals surface area (Å²) in [5, 5.41) is 21.8. The Morgan fingerprint density at radius 1 is 1.47 bits per heavy atom. The number of nitrogens with one attached hydrogen (secondary N) is 1. The highest BCUT2D eigenvalue weighted by Gasteiger charge is 2.18. The molecule has 0 bridgehead atoms. The summed E-state index contributed by atoms with van der Waals surface area (Å²) in [6, 6.07) is 6.33. The van der Waals surface area contributed by atoms with E-state index in [9.17, 15) is 14.9 Å². The molecule has 0 heterocycles. The highest BCUT2D eigenvalue weighted by Crippen LogP contribution is 2.28. The van der Waals surface area contributed by atoms with Crippen molar-refractivity contribution in [2.24, 2.45) is 0 Å². The number of halogens is 1. The molecule has 0 aliphatic rings. The van der Waals surface area contributed by atoms with E-state index in [-0.39, 0.29) is 21.6 Å². The summed E-state index contributed by atoms with van der Waals surface area (Å²) >= 11 is 3.07. The molecule has 1 aromatic rings. The maximum absolute atomic E-state index is 11.8. The molecule has 0 radical (unpaired) electrons. The summed E-state index contributed by atoms with van der Waals surface area (Å²) in [6.45, 7) is 0.440. The van der Waals surface area contributed by atoms with Gasteiger partial charge < -0.3 is 5.32 Å². The zero-order valence-corrected chi connectivity index (χ0v) is 11.6. The molecule has 0 aliphatic heterocycles. The molecule has 0 unspecified atom stereocenters. The van der Waals surface area contributed by atoms with Crippen molar-refractivity contribution in [2.75, 3.05) is 6.54 Å². The molecule has 0 fully saturated rings. The van der Waals surface area contributed by atoms with Gasteiger partial charge in [-0.1, -0.05) is 6.07 Å². The van der Waals surface area contributed by atoms with E-state index in [0.717, 1.165) is 0 Å². The van der Waals surface area contributed by atoms with Crippen LogP contribution in [0.2, 0.25) is 0 Å². The molecule has 6 nitrogen and oxygen atoms in total. The maximum atomic E-state index is 11.8. The Balaban J connectivity index is 2.65. The first-order valence-electron chi connectivity index (χ1n) is 5.66. The van der Waals surface area contributed by atoms with Crippen molar-refractivity contribution in [1.29, 1.82) is 5.26 Å². The molecule has 0 saturated heterocycles. The Labute approximate surface area is 118 Å². The fraction of sp³-hybridized carbons (Fsp3) is 0.333. The van der Waals surface area contributed by atoms with Crippen molar-refractivity contribution in [2.45, 2.75) is 19.3 Å². The van der Waals surface area contributed by atoms with E-state index in [0.29, 0.717) is 25.8 Å². The van der Waals surface area contributed by atoms with E-state index < -0.39 is 4.92 Å². The minimum absolute atomic E-state index is 0.142. The van der Waals surface area contributed by atoms with Gasteiger partial charge in [0, 0.05) is 19.0 Å². The van der Waals surface area contributed by atoms with E-state index >= 15 is 0 Å². The van der Waals surface area contributed by atoms with Gasteiger partial charge in [-0.05, 0) is 34.8 Å². The SMILES string of the molecule is N#CCCCCNC(=O)c1cccc([N+](=O)[O-])c1Br. The highest BCUT2D eigenvalue weighted by molar-refractivity contribution is 9.10. The standard InChI is InChI=1S/C12H12BrN3O3/c13-11-9(5-4-6-10(11)16(18)19)12(17)15-8-3-1-2-7-14/h4-6H,1-3,8H2,(H,15,17). The Hall–Kier alpha value is -1.94. The van der Waals surface area contributed by atoms with E-state index in [1.165, 1.54) is 18.2 Å². The zero-order chi connectivity index (χ0) is 14.3. The lowest BCUT2D eigenvalue weighted by Gasteiger charge is -2.06. The van der Waals surface area contributed by atoms with Crippen LogP contribution in [0.1, 0.15) is 29.6 Å². The van der Waals surface area contributed by atoms with Crippen molar-refractivity contribution in [1.82, 2.24) is 5.32 Å². The first-order valence-corrected chi connectivity index (χ1v) is 6.45. The fourth-order valence-corrected chi connectivity index (χ4v) is 2.05. The summed E-state index contributed by atoms with van der Waals surface area (Å²) in [4.78, 5) is 22.0. The molecule has 0 spiro atoms. The number of hydrogen-bond acceptors (Lipinski definition) is 4. The topological polar surface area (TPSA) is 96.0 Å². The van der Waals surface area contributed by atoms with E-state index in [1.54, 1.807) is 0 Å². The number of hydrogen-bond donors (Lipinski definition) is 1. The Kier molecular flexibility index (Phi) is 5.96. The average molecular weight is 326 g/mol. The van der Waals surface area contributed by atoms with Gasteiger partial charge in [0.1, 0.15) is 4.47 Å². The number of unbranched alkanes of at least 4 members (excludes halogenated alkanes) is 2. The van der Waals surface area contributed by atoms with Crippen LogP contribution in [-0.4, -0.2) is 17.4 Å². The van der Waals surface area contributed by atoms with Crippen LogP contribution in [0.25, 0.3) is 0 Å². The number of carbonyl (C=O) groups is 1. The first-order chi connectivity index (χ1) is 9.07. The molecule has 0 saturated carbocycles. The summed E-state index contributed by atoms with van der Waals surface area (Å²) in [7, 11) is 0. The van der Waals surface area contributed by atoms with E-state index in [4.69, 9.17) is 5.26 Å². The lowest BCUT2D eigenvalue weighted by molar-refractivity contribution is -0.385. The average Bonchev–Trinajstić information content (AvgIpc) is 2.38. The van der Waals surface area contributed by atoms with Crippen LogP contribution in [0.4, 0.5) is 5.69 Å². The molecule has 7 heteroatoms. The van der Waals surface area contributed by atoms with Crippen molar-refractivity contribution in [3.63, 3.8) is 0 Å². The predicted molar refractivity (Wildman–Crippen MR) is 72.6 cm³/mol. The quantitative estimate of drug-likeness (QED) is 0.494. The predicted octanol–water partition coefficient (Wildman–Crippen LogP) is 2.78. The van der Waals surface area contributed by atoms with Crippen molar-refractivity contribution < 1.29 is 9.72 Å². The molecule has 0 aliphatic carbocycles. The Morgan fingerprint density at radius 3 is 2.84 bits per heavy atom. The minimum atomic E-state index is -0.548. The molecule has 0 aromatic heterocycles. The molecule has 1 rings (SSSR count). The van der Waals surface area contributed by atoms with Gasteiger partial charge in [-0.2, -0.15) is 5.26 Å². The minimum Gasteiger partial charge on any atom is -0.352 e. The Morgan fingerprint density at radius 2 is 2.21 bits per heavy atom. The van der Waals surface area contributed by atoms with Gasteiger partial charge in [-0.15, -0.1) is 0 Å². The lowest BCUT2D eigenvalue weighted by atomic mass is 10.2. The first kappa shape index (κ1) is 15.1. The van der Waals surface area contributed by atoms with Crippen LogP contribution in [0.5, 0.6) is 0 Å². The number of amides is 1. The second kappa shape index (κ2) is 7.48. The molecule has 1 amide bonds. The highest BCUT2D eigenvalue weighted by atomic mass is 79.9. The summed E-state index contributed by atoms with van der Waals surface area (Å²) in [5.74, 6) is -0.368. The fourth-order valence-electron chi connectivity index (χ4n) is 1.46. The molecule has 19 heavy (non-hydrogen) atoms. The number of benzene rings is 1. The molecule has 1 aromatic carbocycles. The molecule has 1 N–H and O–H groups in total. The number of carbonyl (C=O) groups excluding carboxylic acids is 1. The summed E-state index contributed by atoms with van der Waals surface area (Å²) in [6.07, 6.45) is 1.87. The van der Waals surface area contributed by atoms with Crippen LogP contribution < -0.4 is 5.32 Å². The second-order valence-corrected chi connectivity index (χ2v) is 4.56. The third-order valence-electron chi connectivity index (χ3n) is 2.42. The number of nitriles is 1. The zero-order valence-electron chi connectivity index (χ0n) is 10.1. The van der Waals surface area contributed by atoms with Crippen LogP contribution in [0, 0.1) is 21.4 Å². The van der Waals surface area contributed by atoms with Crippen molar-refractivity contribution in [3.05, 3.63) is 38.3 Å². The van der Waals surface area contributed by atoms with Crippen LogP contribution in [0.15, 0.2) is 22.7 Å². The number of nitro groups is 1.